The average molecular weight is 500 g/mol. The molecule has 4 rings (SSSR count). The van der Waals surface area contributed by atoms with E-state index in [1.807, 2.05) is 6.07 Å². The molecule has 0 spiro atoms. The first kappa shape index (κ1) is 24.8. The summed E-state index contributed by atoms with van der Waals surface area (Å²) < 4.78 is 53.6. The van der Waals surface area contributed by atoms with E-state index in [4.69, 9.17) is 0 Å². The van der Waals surface area contributed by atoms with Crippen molar-refractivity contribution in [3.8, 4) is 0 Å². The van der Waals surface area contributed by atoms with Gasteiger partial charge in [-0.2, -0.15) is 0 Å². The van der Waals surface area contributed by atoms with E-state index in [2.05, 4.69) is 10.2 Å². The summed E-state index contributed by atoms with van der Waals surface area (Å²) in [7, 11) is -2.26. The molecule has 6 nitrogen and oxygen atoms in total. The van der Waals surface area contributed by atoms with Crippen LogP contribution in [0.15, 0.2) is 77.7 Å². The van der Waals surface area contributed by atoms with Gasteiger partial charge in [-0.3, -0.25) is 14.0 Å². The van der Waals surface area contributed by atoms with Crippen LogP contribution in [-0.2, 0) is 16.6 Å². The molecule has 0 bridgehead atoms. The number of nitrogens with zero attached hydrogens (tertiary/aromatic N) is 2. The lowest BCUT2D eigenvalue weighted by molar-refractivity contribution is 0.0908. The summed E-state index contributed by atoms with van der Waals surface area (Å²) in [5.41, 5.74) is 1.64. The highest BCUT2D eigenvalue weighted by Gasteiger charge is 2.24. The van der Waals surface area contributed by atoms with E-state index in [-0.39, 0.29) is 16.8 Å². The number of hydrogen-bond donors (Lipinski definition) is 1. The number of para-hydroxylation sites is 1. The molecular weight excluding hydrogens is 472 g/mol. The van der Waals surface area contributed by atoms with Crippen molar-refractivity contribution in [1.82, 2.24) is 10.2 Å². The molecule has 0 unspecified atom stereocenters. The third-order valence-electron chi connectivity index (χ3n) is 6.21. The number of benzene rings is 3. The van der Waals surface area contributed by atoms with Gasteiger partial charge in [0.05, 0.1) is 10.6 Å². The predicted octanol–water partition coefficient (Wildman–Crippen LogP) is 4.18. The number of likely N-dealkylation sites (tertiary alicyclic amines) is 1. The van der Waals surface area contributed by atoms with E-state index in [0.717, 1.165) is 18.9 Å². The van der Waals surface area contributed by atoms with Crippen molar-refractivity contribution < 1.29 is 22.0 Å². The Morgan fingerprint density at radius 3 is 2.26 bits per heavy atom. The molecule has 35 heavy (non-hydrogen) atoms. The van der Waals surface area contributed by atoms with Crippen LogP contribution in [0.1, 0.15) is 28.8 Å². The molecule has 1 heterocycles. The summed E-state index contributed by atoms with van der Waals surface area (Å²) in [5.74, 6) is -1.97. The molecule has 0 aromatic heterocycles. The highest BCUT2D eigenvalue weighted by Crippen LogP contribution is 2.22. The zero-order valence-corrected chi connectivity index (χ0v) is 20.1. The minimum absolute atomic E-state index is 0.0173. The van der Waals surface area contributed by atoms with Crippen molar-refractivity contribution in [2.24, 2.45) is 0 Å². The maximum absolute atomic E-state index is 13.4. The average Bonchev–Trinajstić information content (AvgIpc) is 2.87. The minimum Gasteiger partial charge on any atom is -0.349 e. The highest BCUT2D eigenvalue weighted by atomic mass is 32.2. The lowest BCUT2D eigenvalue weighted by Crippen LogP contribution is -2.44. The first-order valence-electron chi connectivity index (χ1n) is 11.4. The van der Waals surface area contributed by atoms with Gasteiger partial charge in [0.1, 0.15) is 0 Å². The second-order valence-corrected chi connectivity index (χ2v) is 10.6. The zero-order valence-electron chi connectivity index (χ0n) is 19.3. The standard InChI is InChI=1S/C26H27F2N3O3S/c1-30(22-5-3-2-4-6-22)35(33,34)23-10-8-20(9-11-23)26(32)29-21-13-15-31(16-14-21)18-19-7-12-24(27)25(28)17-19/h2-12,17,21H,13-16,18H2,1H3,(H,29,32). The largest absolute Gasteiger partial charge is 0.349 e. The van der Waals surface area contributed by atoms with Gasteiger partial charge in [0.25, 0.3) is 15.9 Å². The first-order valence-corrected chi connectivity index (χ1v) is 12.8. The zero-order chi connectivity index (χ0) is 25.0. The molecule has 3 aromatic rings. The molecule has 0 radical (unpaired) electrons. The smallest absolute Gasteiger partial charge is 0.264 e. The lowest BCUT2D eigenvalue weighted by Gasteiger charge is -2.32. The van der Waals surface area contributed by atoms with Crippen molar-refractivity contribution in [1.29, 1.82) is 0 Å². The van der Waals surface area contributed by atoms with Gasteiger partial charge in [-0.05, 0) is 66.9 Å². The van der Waals surface area contributed by atoms with Gasteiger partial charge in [-0.25, -0.2) is 17.2 Å². The number of piperidine rings is 1. The van der Waals surface area contributed by atoms with Crippen LogP contribution in [0.3, 0.4) is 0 Å². The van der Waals surface area contributed by atoms with Gasteiger partial charge in [0.2, 0.25) is 0 Å². The number of anilines is 1. The third kappa shape index (κ3) is 5.86. The molecule has 1 amide bonds. The Morgan fingerprint density at radius 1 is 0.971 bits per heavy atom. The van der Waals surface area contributed by atoms with Gasteiger partial charge < -0.3 is 5.32 Å². The molecule has 1 aliphatic rings. The summed E-state index contributed by atoms with van der Waals surface area (Å²) in [5, 5.41) is 3.01. The van der Waals surface area contributed by atoms with Crippen molar-refractivity contribution in [2.75, 3.05) is 24.4 Å². The van der Waals surface area contributed by atoms with Gasteiger partial charge in [0.15, 0.2) is 11.6 Å². The summed E-state index contributed by atoms with van der Waals surface area (Å²) in [6.45, 7) is 1.95. The number of rotatable bonds is 7. The van der Waals surface area contributed by atoms with Crippen LogP contribution >= 0.6 is 0 Å². The van der Waals surface area contributed by atoms with E-state index in [1.165, 1.54) is 41.7 Å². The topological polar surface area (TPSA) is 69.7 Å². The van der Waals surface area contributed by atoms with Gasteiger partial charge in [-0.15, -0.1) is 0 Å². The van der Waals surface area contributed by atoms with E-state index in [1.54, 1.807) is 30.3 Å². The monoisotopic (exact) mass is 499 g/mol. The highest BCUT2D eigenvalue weighted by molar-refractivity contribution is 7.92. The normalized spacial score (nSPS) is 15.1. The van der Waals surface area contributed by atoms with Crippen molar-refractivity contribution in [3.63, 3.8) is 0 Å². The molecular formula is C26H27F2N3O3S. The molecule has 184 valence electrons. The van der Waals surface area contributed by atoms with Gasteiger partial charge in [0, 0.05) is 38.3 Å². The molecule has 1 N–H and O–H groups in total. The van der Waals surface area contributed by atoms with Crippen LogP contribution in [0.25, 0.3) is 0 Å². The second-order valence-electron chi connectivity index (χ2n) is 8.60. The van der Waals surface area contributed by atoms with Gasteiger partial charge >= 0.3 is 0 Å². The molecule has 1 aliphatic heterocycles. The van der Waals surface area contributed by atoms with Crippen LogP contribution in [0.2, 0.25) is 0 Å². The van der Waals surface area contributed by atoms with Crippen LogP contribution in [0.5, 0.6) is 0 Å². The Labute approximate surface area is 204 Å². The van der Waals surface area contributed by atoms with Crippen molar-refractivity contribution >= 4 is 21.6 Å². The summed E-state index contributed by atoms with van der Waals surface area (Å²) >= 11 is 0. The van der Waals surface area contributed by atoms with Gasteiger partial charge in [-0.1, -0.05) is 24.3 Å². The van der Waals surface area contributed by atoms with E-state index in [0.29, 0.717) is 36.4 Å². The van der Waals surface area contributed by atoms with Crippen LogP contribution in [0.4, 0.5) is 14.5 Å². The quantitative estimate of drug-likeness (QED) is 0.530. The molecule has 1 fully saturated rings. The molecule has 1 saturated heterocycles. The van der Waals surface area contributed by atoms with Crippen LogP contribution in [0, 0.1) is 11.6 Å². The van der Waals surface area contributed by atoms with E-state index in [9.17, 15) is 22.0 Å². The Bertz CT molecular complexity index is 1280. The van der Waals surface area contributed by atoms with E-state index >= 15 is 0 Å². The SMILES string of the molecule is CN(c1ccccc1)S(=O)(=O)c1ccc(C(=O)NC2CCN(Cc3ccc(F)c(F)c3)CC2)cc1. The number of nitrogens with one attached hydrogen (secondary N) is 1. The van der Waals surface area contributed by atoms with Crippen molar-refractivity contribution in [2.45, 2.75) is 30.3 Å². The molecule has 3 aromatic carbocycles. The number of carbonyl (C=O) groups excluding carboxylic acids is 1. The summed E-state index contributed by atoms with van der Waals surface area (Å²) in [4.78, 5) is 14.9. The fourth-order valence-corrected chi connectivity index (χ4v) is 5.31. The molecule has 0 atom stereocenters. The fourth-order valence-electron chi connectivity index (χ4n) is 4.11. The predicted molar refractivity (Wildman–Crippen MR) is 131 cm³/mol. The Morgan fingerprint density at radius 2 is 1.63 bits per heavy atom. The second kappa shape index (κ2) is 10.5. The number of hydrogen-bond acceptors (Lipinski definition) is 4. The Kier molecular flexibility index (Phi) is 7.47. The number of halogens is 2. The molecule has 0 aliphatic carbocycles. The first-order chi connectivity index (χ1) is 16.7. The maximum atomic E-state index is 13.4. The summed E-state index contributed by atoms with van der Waals surface area (Å²) in [6, 6.07) is 18.6. The molecule has 0 saturated carbocycles. The third-order valence-corrected chi connectivity index (χ3v) is 8.01. The van der Waals surface area contributed by atoms with Crippen molar-refractivity contribution in [3.05, 3.63) is 95.6 Å². The van der Waals surface area contributed by atoms with E-state index < -0.39 is 21.7 Å². The Balaban J connectivity index is 1.31. The summed E-state index contributed by atoms with van der Waals surface area (Å²) in [6.07, 6.45) is 1.45. The van der Waals surface area contributed by atoms with Crippen LogP contribution < -0.4 is 9.62 Å². The van der Waals surface area contributed by atoms with Crippen LogP contribution in [-0.4, -0.2) is 45.4 Å². The fraction of sp³-hybridized carbons (Fsp3) is 0.269. The molecule has 9 heteroatoms. The maximum Gasteiger partial charge on any atom is 0.264 e. The minimum atomic E-state index is -3.75. The number of carbonyl (C=O) groups is 1. The Hall–Kier alpha value is -3.30. The number of amides is 1. The number of sulfonamides is 1. The lowest BCUT2D eigenvalue weighted by atomic mass is 10.0.